The number of carbonyl (C=O) groups is 1. The van der Waals surface area contributed by atoms with Crippen LogP contribution in [0.3, 0.4) is 0 Å². The van der Waals surface area contributed by atoms with E-state index in [9.17, 15) is 4.79 Å². The van der Waals surface area contributed by atoms with Crippen LogP contribution in [0.1, 0.15) is 17.3 Å². The maximum absolute atomic E-state index is 12.1. The second kappa shape index (κ2) is 10.3. The molecule has 0 spiro atoms. The Hall–Kier alpha value is -3.09. The molecular formula is C21H28N6O. The lowest BCUT2D eigenvalue weighted by molar-refractivity contribution is 0.0955. The van der Waals surface area contributed by atoms with Gasteiger partial charge in [-0.15, -0.1) is 0 Å². The Morgan fingerprint density at radius 2 is 1.79 bits per heavy atom. The van der Waals surface area contributed by atoms with Crippen molar-refractivity contribution in [3.8, 4) is 0 Å². The van der Waals surface area contributed by atoms with Crippen LogP contribution in [0.4, 0.5) is 5.82 Å². The molecular weight excluding hydrogens is 352 g/mol. The third kappa shape index (κ3) is 5.45. The first-order chi connectivity index (χ1) is 13.8. The summed E-state index contributed by atoms with van der Waals surface area (Å²) >= 11 is 0. The Kier molecular flexibility index (Phi) is 7.23. The van der Waals surface area contributed by atoms with Crippen LogP contribution in [0.5, 0.6) is 0 Å². The van der Waals surface area contributed by atoms with E-state index in [0.29, 0.717) is 18.7 Å². The molecule has 1 fully saturated rings. The summed E-state index contributed by atoms with van der Waals surface area (Å²) in [5.74, 6) is 1.86. The Morgan fingerprint density at radius 3 is 2.46 bits per heavy atom. The summed E-state index contributed by atoms with van der Waals surface area (Å²) in [7, 11) is 0. The highest BCUT2D eigenvalue weighted by Crippen LogP contribution is 2.12. The predicted octanol–water partition coefficient (Wildman–Crippen LogP) is 1.60. The van der Waals surface area contributed by atoms with Crippen LogP contribution in [-0.4, -0.2) is 67.6 Å². The van der Waals surface area contributed by atoms with Crippen LogP contribution in [0.2, 0.25) is 0 Å². The Labute approximate surface area is 166 Å². The van der Waals surface area contributed by atoms with Gasteiger partial charge in [-0.05, 0) is 31.2 Å². The van der Waals surface area contributed by atoms with Gasteiger partial charge >= 0.3 is 0 Å². The van der Waals surface area contributed by atoms with Gasteiger partial charge in [-0.25, -0.2) is 4.98 Å². The van der Waals surface area contributed by atoms with Crippen molar-refractivity contribution in [2.45, 2.75) is 6.92 Å². The molecule has 0 atom stereocenters. The second-order valence-electron chi connectivity index (χ2n) is 6.52. The molecule has 1 saturated heterocycles. The minimum Gasteiger partial charge on any atom is -0.357 e. The topological polar surface area (TPSA) is 72.9 Å². The molecule has 1 aliphatic rings. The first-order valence-corrected chi connectivity index (χ1v) is 9.80. The minimum atomic E-state index is -0.0650. The van der Waals surface area contributed by atoms with E-state index in [-0.39, 0.29) is 5.91 Å². The number of pyridine rings is 1. The van der Waals surface area contributed by atoms with Gasteiger partial charge < -0.3 is 20.4 Å². The number of rotatable bonds is 6. The third-order valence-electron chi connectivity index (χ3n) is 4.58. The summed E-state index contributed by atoms with van der Waals surface area (Å²) in [6.07, 6.45) is 1.83. The van der Waals surface area contributed by atoms with Gasteiger partial charge in [-0.1, -0.05) is 24.3 Å². The first kappa shape index (κ1) is 19.7. The number of aliphatic imine (C=N–C) groups is 1. The molecule has 2 N–H and O–H groups in total. The fourth-order valence-corrected chi connectivity index (χ4v) is 3.14. The molecule has 3 rings (SSSR count). The van der Waals surface area contributed by atoms with Crippen molar-refractivity contribution in [2.75, 3.05) is 50.7 Å². The Balaban J connectivity index is 1.48. The number of hydrogen-bond acceptors (Lipinski definition) is 4. The molecule has 148 valence electrons. The number of anilines is 1. The van der Waals surface area contributed by atoms with Gasteiger partial charge in [0.1, 0.15) is 5.82 Å². The van der Waals surface area contributed by atoms with Gasteiger partial charge in [-0.2, -0.15) is 0 Å². The SMILES string of the molecule is CCNC(=NCCNC(=O)c1ccccc1)N1CCN(c2ccccn2)CC1. The van der Waals surface area contributed by atoms with Crippen molar-refractivity contribution >= 4 is 17.7 Å². The standard InChI is InChI=1S/C21H28N6O/c1-2-22-21(25-13-12-24-20(28)18-8-4-3-5-9-18)27-16-14-26(15-17-27)19-10-6-7-11-23-19/h3-11H,2,12-17H2,1H3,(H,22,25)(H,24,28). The lowest BCUT2D eigenvalue weighted by Gasteiger charge is -2.37. The molecule has 0 radical (unpaired) electrons. The van der Waals surface area contributed by atoms with E-state index in [1.165, 1.54) is 0 Å². The average Bonchev–Trinajstić information content (AvgIpc) is 2.77. The first-order valence-electron chi connectivity index (χ1n) is 9.80. The van der Waals surface area contributed by atoms with E-state index in [4.69, 9.17) is 0 Å². The van der Waals surface area contributed by atoms with Crippen molar-refractivity contribution in [3.05, 3.63) is 60.3 Å². The molecule has 28 heavy (non-hydrogen) atoms. The third-order valence-corrected chi connectivity index (χ3v) is 4.58. The van der Waals surface area contributed by atoms with Crippen molar-refractivity contribution < 1.29 is 4.79 Å². The molecule has 7 heteroatoms. The van der Waals surface area contributed by atoms with Crippen LogP contribution in [0.15, 0.2) is 59.7 Å². The maximum atomic E-state index is 12.1. The van der Waals surface area contributed by atoms with E-state index >= 15 is 0 Å². The van der Waals surface area contributed by atoms with Crippen LogP contribution >= 0.6 is 0 Å². The molecule has 1 aromatic carbocycles. The van der Waals surface area contributed by atoms with Crippen LogP contribution in [0.25, 0.3) is 0 Å². The highest BCUT2D eigenvalue weighted by atomic mass is 16.1. The fraction of sp³-hybridized carbons (Fsp3) is 0.381. The number of nitrogens with one attached hydrogen (secondary N) is 2. The number of piperazine rings is 1. The van der Waals surface area contributed by atoms with Crippen LogP contribution in [-0.2, 0) is 0 Å². The summed E-state index contributed by atoms with van der Waals surface area (Å²) in [5, 5.41) is 6.27. The zero-order valence-electron chi connectivity index (χ0n) is 16.3. The molecule has 7 nitrogen and oxygen atoms in total. The molecule has 0 bridgehead atoms. The van der Waals surface area contributed by atoms with Gasteiger partial charge in [0, 0.05) is 51.0 Å². The maximum Gasteiger partial charge on any atom is 0.251 e. The monoisotopic (exact) mass is 380 g/mol. The van der Waals surface area contributed by atoms with Crippen LogP contribution in [0, 0.1) is 0 Å². The van der Waals surface area contributed by atoms with Crippen molar-refractivity contribution in [1.82, 2.24) is 20.5 Å². The summed E-state index contributed by atoms with van der Waals surface area (Å²) in [6.45, 7) is 7.53. The van der Waals surface area contributed by atoms with Gasteiger partial charge in [0.2, 0.25) is 0 Å². The zero-order chi connectivity index (χ0) is 19.6. The van der Waals surface area contributed by atoms with Gasteiger partial charge in [0.05, 0.1) is 6.54 Å². The predicted molar refractivity (Wildman–Crippen MR) is 113 cm³/mol. The lowest BCUT2D eigenvalue weighted by Crippen LogP contribution is -2.52. The van der Waals surface area contributed by atoms with Crippen molar-refractivity contribution in [2.24, 2.45) is 4.99 Å². The van der Waals surface area contributed by atoms with E-state index in [0.717, 1.165) is 44.5 Å². The number of nitrogens with zero attached hydrogens (tertiary/aromatic N) is 4. The second-order valence-corrected chi connectivity index (χ2v) is 6.52. The summed E-state index contributed by atoms with van der Waals surface area (Å²) < 4.78 is 0. The number of carbonyl (C=O) groups excluding carboxylic acids is 1. The molecule has 1 aromatic heterocycles. The van der Waals surface area contributed by atoms with Crippen molar-refractivity contribution in [3.63, 3.8) is 0 Å². The Bertz CT molecular complexity index is 757. The summed E-state index contributed by atoms with van der Waals surface area (Å²) in [6, 6.07) is 15.2. The van der Waals surface area contributed by atoms with E-state index < -0.39 is 0 Å². The van der Waals surface area contributed by atoms with E-state index in [1.54, 1.807) is 0 Å². The van der Waals surface area contributed by atoms with E-state index in [1.807, 2.05) is 54.7 Å². The smallest absolute Gasteiger partial charge is 0.251 e. The average molecular weight is 380 g/mol. The molecule has 2 aromatic rings. The number of aromatic nitrogens is 1. The highest BCUT2D eigenvalue weighted by molar-refractivity contribution is 5.94. The number of benzene rings is 1. The molecule has 0 aliphatic carbocycles. The lowest BCUT2D eigenvalue weighted by atomic mass is 10.2. The van der Waals surface area contributed by atoms with E-state index in [2.05, 4.69) is 37.3 Å². The zero-order valence-corrected chi connectivity index (χ0v) is 16.3. The van der Waals surface area contributed by atoms with Crippen molar-refractivity contribution in [1.29, 1.82) is 0 Å². The molecule has 1 aliphatic heterocycles. The molecule has 0 unspecified atom stereocenters. The normalized spacial score (nSPS) is 14.7. The molecule has 2 heterocycles. The number of amides is 1. The number of hydrogen-bond donors (Lipinski definition) is 2. The molecule has 0 saturated carbocycles. The van der Waals surface area contributed by atoms with Crippen LogP contribution < -0.4 is 15.5 Å². The number of guanidine groups is 1. The minimum absolute atomic E-state index is 0.0650. The Morgan fingerprint density at radius 1 is 1.04 bits per heavy atom. The summed E-state index contributed by atoms with van der Waals surface area (Å²) in [5.41, 5.74) is 0.670. The fourth-order valence-electron chi connectivity index (χ4n) is 3.14. The quantitative estimate of drug-likeness (QED) is 0.452. The highest BCUT2D eigenvalue weighted by Gasteiger charge is 2.20. The molecule has 1 amide bonds. The van der Waals surface area contributed by atoms with Gasteiger partial charge in [0.15, 0.2) is 5.96 Å². The summed E-state index contributed by atoms with van der Waals surface area (Å²) in [4.78, 5) is 25.8. The van der Waals surface area contributed by atoms with Gasteiger partial charge in [-0.3, -0.25) is 9.79 Å². The largest absolute Gasteiger partial charge is 0.357 e. The van der Waals surface area contributed by atoms with Gasteiger partial charge in [0.25, 0.3) is 5.91 Å².